The minimum Gasteiger partial charge on any atom is -0.496 e. The summed E-state index contributed by atoms with van der Waals surface area (Å²) in [4.78, 5) is 22.7. The van der Waals surface area contributed by atoms with Crippen LogP contribution in [0.4, 0.5) is 11.4 Å². The van der Waals surface area contributed by atoms with E-state index < -0.39 is 10.9 Å². The summed E-state index contributed by atoms with van der Waals surface area (Å²) in [6.07, 6.45) is 1.76. The van der Waals surface area contributed by atoms with Crippen LogP contribution in [0.25, 0.3) is 0 Å². The van der Waals surface area contributed by atoms with Crippen LogP contribution < -0.4 is 10.1 Å². The van der Waals surface area contributed by atoms with Crippen LogP contribution in [0.5, 0.6) is 5.75 Å². The SMILES string of the molecule is CCOC(=O)c1cc(NC2CCc3c(OC)cccc32)ccc1[N+](=O)[O-]. The number of benzene rings is 2. The molecular weight excluding hydrogens is 336 g/mol. The summed E-state index contributed by atoms with van der Waals surface area (Å²) in [6, 6.07) is 10.4. The number of hydrogen-bond acceptors (Lipinski definition) is 6. The van der Waals surface area contributed by atoms with Crippen LogP contribution in [0.15, 0.2) is 36.4 Å². The van der Waals surface area contributed by atoms with Gasteiger partial charge in [0.25, 0.3) is 5.69 Å². The molecule has 1 N–H and O–H groups in total. The molecular formula is C19H20N2O5. The fourth-order valence-corrected chi connectivity index (χ4v) is 3.32. The van der Waals surface area contributed by atoms with E-state index in [0.29, 0.717) is 5.69 Å². The Labute approximate surface area is 151 Å². The second kappa shape index (κ2) is 7.43. The summed E-state index contributed by atoms with van der Waals surface area (Å²) in [7, 11) is 1.65. The number of hydrogen-bond donors (Lipinski definition) is 1. The van der Waals surface area contributed by atoms with Gasteiger partial charge in [-0.3, -0.25) is 10.1 Å². The van der Waals surface area contributed by atoms with Crippen molar-refractivity contribution in [2.75, 3.05) is 19.0 Å². The molecule has 7 heteroatoms. The van der Waals surface area contributed by atoms with Gasteiger partial charge in [0.05, 0.1) is 24.7 Å². The maximum atomic E-state index is 12.1. The molecule has 2 aromatic carbocycles. The number of ether oxygens (including phenoxy) is 2. The Balaban J connectivity index is 1.89. The summed E-state index contributed by atoms with van der Waals surface area (Å²) in [5, 5.41) is 14.5. The third-order valence-electron chi connectivity index (χ3n) is 4.48. The first-order chi connectivity index (χ1) is 12.5. The quantitative estimate of drug-likeness (QED) is 0.480. The summed E-state index contributed by atoms with van der Waals surface area (Å²) in [5.74, 6) is 0.166. The second-order valence-corrected chi connectivity index (χ2v) is 5.97. The number of carbonyl (C=O) groups is 1. The van der Waals surface area contributed by atoms with E-state index in [1.807, 2.05) is 18.2 Å². The minimum absolute atomic E-state index is 0.0503. The Morgan fingerprint density at radius 2 is 2.15 bits per heavy atom. The van der Waals surface area contributed by atoms with Crippen molar-refractivity contribution in [1.29, 1.82) is 0 Å². The normalized spacial score (nSPS) is 15.2. The molecule has 26 heavy (non-hydrogen) atoms. The predicted molar refractivity (Wildman–Crippen MR) is 96.7 cm³/mol. The average molecular weight is 356 g/mol. The molecule has 1 aliphatic rings. The van der Waals surface area contributed by atoms with Crippen LogP contribution >= 0.6 is 0 Å². The molecule has 0 bridgehead atoms. The molecule has 1 aliphatic carbocycles. The summed E-state index contributed by atoms with van der Waals surface area (Å²) >= 11 is 0. The molecule has 2 aromatic rings. The van der Waals surface area contributed by atoms with E-state index in [0.717, 1.165) is 24.2 Å². The highest BCUT2D eigenvalue weighted by Gasteiger charge is 2.27. The summed E-state index contributed by atoms with van der Waals surface area (Å²) < 4.78 is 10.4. The van der Waals surface area contributed by atoms with Crippen LogP contribution in [0, 0.1) is 10.1 Å². The van der Waals surface area contributed by atoms with Crippen LogP contribution in [0.2, 0.25) is 0 Å². The number of methoxy groups -OCH3 is 1. The highest BCUT2D eigenvalue weighted by Crippen LogP contribution is 2.39. The fourth-order valence-electron chi connectivity index (χ4n) is 3.32. The number of nitro benzene ring substituents is 1. The Hall–Kier alpha value is -3.09. The number of fused-ring (bicyclic) bond motifs is 1. The van der Waals surface area contributed by atoms with E-state index in [-0.39, 0.29) is 23.9 Å². The van der Waals surface area contributed by atoms with E-state index >= 15 is 0 Å². The van der Waals surface area contributed by atoms with Crippen molar-refractivity contribution in [2.45, 2.75) is 25.8 Å². The molecule has 1 unspecified atom stereocenters. The molecule has 0 aromatic heterocycles. The molecule has 0 saturated heterocycles. The lowest BCUT2D eigenvalue weighted by Gasteiger charge is -2.17. The van der Waals surface area contributed by atoms with Gasteiger partial charge in [-0.1, -0.05) is 12.1 Å². The molecule has 3 rings (SSSR count). The van der Waals surface area contributed by atoms with Crippen molar-refractivity contribution in [3.63, 3.8) is 0 Å². The predicted octanol–water partition coefficient (Wildman–Crippen LogP) is 3.88. The van der Waals surface area contributed by atoms with Crippen molar-refractivity contribution >= 4 is 17.3 Å². The maximum Gasteiger partial charge on any atom is 0.345 e. The first-order valence-electron chi connectivity index (χ1n) is 8.43. The number of esters is 1. The van der Waals surface area contributed by atoms with Gasteiger partial charge in [-0.05, 0) is 49.1 Å². The zero-order valence-corrected chi connectivity index (χ0v) is 14.7. The average Bonchev–Trinajstić information content (AvgIpc) is 3.04. The van der Waals surface area contributed by atoms with E-state index in [1.54, 1.807) is 20.1 Å². The first-order valence-corrected chi connectivity index (χ1v) is 8.43. The maximum absolute atomic E-state index is 12.1. The zero-order valence-electron chi connectivity index (χ0n) is 14.7. The molecule has 1 atom stereocenters. The number of nitrogens with one attached hydrogen (secondary N) is 1. The lowest BCUT2D eigenvalue weighted by Crippen LogP contribution is -2.11. The van der Waals surface area contributed by atoms with E-state index in [1.165, 1.54) is 17.7 Å². The van der Waals surface area contributed by atoms with Crippen molar-refractivity contribution in [2.24, 2.45) is 0 Å². The van der Waals surface area contributed by atoms with Gasteiger partial charge in [0.1, 0.15) is 11.3 Å². The molecule has 0 spiro atoms. The topological polar surface area (TPSA) is 90.7 Å². The van der Waals surface area contributed by atoms with Gasteiger partial charge in [-0.2, -0.15) is 0 Å². The molecule has 7 nitrogen and oxygen atoms in total. The van der Waals surface area contributed by atoms with Crippen molar-refractivity contribution in [3.05, 3.63) is 63.2 Å². The van der Waals surface area contributed by atoms with Crippen molar-refractivity contribution in [1.82, 2.24) is 0 Å². The third-order valence-corrected chi connectivity index (χ3v) is 4.48. The largest absolute Gasteiger partial charge is 0.496 e. The van der Waals surface area contributed by atoms with Gasteiger partial charge in [-0.15, -0.1) is 0 Å². The molecule has 136 valence electrons. The van der Waals surface area contributed by atoms with Crippen LogP contribution in [0.3, 0.4) is 0 Å². The standard InChI is InChI=1S/C19H20N2O5/c1-3-26-19(22)15-11-12(7-10-17(15)21(23)24)20-16-9-8-14-13(16)5-4-6-18(14)25-2/h4-7,10-11,16,20H,3,8-9H2,1-2H3. The molecule has 0 heterocycles. The Morgan fingerprint density at radius 1 is 1.35 bits per heavy atom. The molecule has 0 saturated carbocycles. The fraction of sp³-hybridized carbons (Fsp3) is 0.316. The van der Waals surface area contributed by atoms with Crippen molar-refractivity contribution < 1.29 is 19.2 Å². The van der Waals surface area contributed by atoms with Gasteiger partial charge in [-0.25, -0.2) is 4.79 Å². The number of nitrogens with zero attached hydrogens (tertiary/aromatic N) is 1. The van der Waals surface area contributed by atoms with E-state index in [2.05, 4.69) is 5.32 Å². The molecule has 0 fully saturated rings. The number of nitro groups is 1. The lowest BCUT2D eigenvalue weighted by molar-refractivity contribution is -0.385. The van der Waals surface area contributed by atoms with Gasteiger partial charge < -0.3 is 14.8 Å². The molecule has 0 aliphatic heterocycles. The van der Waals surface area contributed by atoms with Gasteiger partial charge in [0, 0.05) is 11.8 Å². The number of carbonyl (C=O) groups excluding carboxylic acids is 1. The van der Waals surface area contributed by atoms with Crippen molar-refractivity contribution in [3.8, 4) is 5.75 Å². The lowest BCUT2D eigenvalue weighted by atomic mass is 10.1. The molecule has 0 radical (unpaired) electrons. The second-order valence-electron chi connectivity index (χ2n) is 5.97. The molecule has 0 amide bonds. The van der Waals surface area contributed by atoms with Crippen LogP contribution in [0.1, 0.15) is 40.9 Å². The Bertz CT molecular complexity index is 850. The van der Waals surface area contributed by atoms with Crippen LogP contribution in [-0.4, -0.2) is 24.6 Å². The number of rotatable bonds is 6. The van der Waals surface area contributed by atoms with Crippen LogP contribution in [-0.2, 0) is 11.2 Å². The Kier molecular flexibility index (Phi) is 5.06. The monoisotopic (exact) mass is 356 g/mol. The minimum atomic E-state index is -0.698. The summed E-state index contributed by atoms with van der Waals surface area (Å²) in [5.41, 5.74) is 2.63. The van der Waals surface area contributed by atoms with Gasteiger partial charge in [0.15, 0.2) is 0 Å². The smallest absolute Gasteiger partial charge is 0.345 e. The highest BCUT2D eigenvalue weighted by molar-refractivity contribution is 5.95. The Morgan fingerprint density at radius 3 is 2.85 bits per heavy atom. The van der Waals surface area contributed by atoms with E-state index in [4.69, 9.17) is 9.47 Å². The summed E-state index contributed by atoms with van der Waals surface area (Å²) in [6.45, 7) is 1.82. The van der Waals surface area contributed by atoms with E-state index in [9.17, 15) is 14.9 Å². The first kappa shape index (κ1) is 17.7. The number of anilines is 1. The third kappa shape index (κ3) is 3.33. The highest BCUT2D eigenvalue weighted by atomic mass is 16.6. The van der Waals surface area contributed by atoms with Gasteiger partial charge >= 0.3 is 5.97 Å². The zero-order chi connectivity index (χ0) is 18.7. The van der Waals surface area contributed by atoms with Gasteiger partial charge in [0.2, 0.25) is 0 Å².